The maximum Gasteiger partial charge on any atom is 0.471 e. The van der Waals surface area contributed by atoms with Gasteiger partial charge in [0.25, 0.3) is 0 Å². The van der Waals surface area contributed by atoms with Gasteiger partial charge in [-0.15, -0.1) is 0 Å². The molecule has 2 aromatic carbocycles. The van der Waals surface area contributed by atoms with Crippen LogP contribution in [0.25, 0.3) is 0 Å². The second-order valence-corrected chi connectivity index (χ2v) is 7.24. The van der Waals surface area contributed by atoms with Crippen molar-refractivity contribution in [2.75, 3.05) is 11.4 Å². The summed E-state index contributed by atoms with van der Waals surface area (Å²) in [6.07, 6.45) is -3.97. The first-order chi connectivity index (χ1) is 13.8. The highest BCUT2D eigenvalue weighted by Crippen LogP contribution is 2.47. The molecule has 0 aromatic heterocycles. The lowest BCUT2D eigenvalue weighted by Gasteiger charge is -2.42. The minimum atomic E-state index is -4.96. The van der Waals surface area contributed by atoms with Crippen molar-refractivity contribution in [1.82, 2.24) is 5.32 Å². The van der Waals surface area contributed by atoms with Crippen molar-refractivity contribution in [2.45, 2.75) is 38.0 Å². The van der Waals surface area contributed by atoms with Gasteiger partial charge in [0.05, 0.1) is 17.8 Å². The number of carbonyl (C=O) groups excluding carboxylic acids is 2. The molecule has 1 N–H and O–H groups in total. The lowest BCUT2D eigenvalue weighted by molar-refractivity contribution is -0.174. The van der Waals surface area contributed by atoms with Gasteiger partial charge in [0.15, 0.2) is 11.5 Å². The average molecular weight is 404 g/mol. The van der Waals surface area contributed by atoms with E-state index in [0.717, 1.165) is 0 Å². The summed E-state index contributed by atoms with van der Waals surface area (Å²) in [4.78, 5) is 25.5. The van der Waals surface area contributed by atoms with Crippen molar-refractivity contribution in [1.29, 1.82) is 0 Å². The summed E-state index contributed by atoms with van der Waals surface area (Å²) in [5, 5.41) is 2.17. The van der Waals surface area contributed by atoms with E-state index < -0.39 is 24.2 Å². The molecule has 8 heteroatoms. The number of benzene rings is 2. The number of nitrogens with zero attached hydrogens (tertiary/aromatic N) is 1. The first kappa shape index (κ1) is 19.3. The van der Waals surface area contributed by atoms with Gasteiger partial charge in [0.1, 0.15) is 5.75 Å². The standard InChI is InChI=1S/C21H19F3N2O3/c1-12(27)13-8-9-18-16(11-13)26-10-4-6-15(25-20(28)21(22,23)24)19(26)14-5-2-3-7-17(14)29-18/h2-3,5,7-9,11,15,19H,4,6,10H2,1H3,(H,25,28)/t15-,19+/m0/s1. The lowest BCUT2D eigenvalue weighted by Crippen LogP contribution is -2.52. The Balaban J connectivity index is 1.82. The predicted molar refractivity (Wildman–Crippen MR) is 100 cm³/mol. The normalized spacial score (nSPS) is 20.5. The largest absolute Gasteiger partial charge is 0.471 e. The number of Topliss-reactive ketones (excluding diaryl/α,β-unsaturated/α-hetero) is 1. The predicted octanol–water partition coefficient (Wildman–Crippen LogP) is 4.38. The molecule has 0 spiro atoms. The van der Waals surface area contributed by atoms with Gasteiger partial charge in [0, 0.05) is 17.7 Å². The Kier molecular flexibility index (Phi) is 4.72. The molecule has 29 heavy (non-hydrogen) atoms. The number of para-hydroxylation sites is 1. The van der Waals surface area contributed by atoms with E-state index in [1.807, 2.05) is 4.90 Å². The number of nitrogens with one attached hydrogen (secondary N) is 1. The van der Waals surface area contributed by atoms with Crippen LogP contribution in [0.1, 0.15) is 41.7 Å². The lowest BCUT2D eigenvalue weighted by atomic mass is 9.89. The summed E-state index contributed by atoms with van der Waals surface area (Å²) in [5.74, 6) is -1.03. The second kappa shape index (κ2) is 7.09. The number of alkyl halides is 3. The minimum absolute atomic E-state index is 0.120. The number of hydrogen-bond donors (Lipinski definition) is 1. The maximum absolute atomic E-state index is 12.9. The van der Waals surface area contributed by atoms with E-state index in [4.69, 9.17) is 4.74 Å². The molecule has 0 radical (unpaired) electrons. The molecule has 2 atom stereocenters. The Hall–Kier alpha value is -3.03. The molecule has 5 nitrogen and oxygen atoms in total. The van der Waals surface area contributed by atoms with Gasteiger partial charge in [-0.3, -0.25) is 9.59 Å². The quantitative estimate of drug-likeness (QED) is 0.755. The highest BCUT2D eigenvalue weighted by molar-refractivity contribution is 5.95. The Bertz CT molecular complexity index is 974. The molecular weight excluding hydrogens is 385 g/mol. The zero-order chi connectivity index (χ0) is 20.8. The summed E-state index contributed by atoms with van der Waals surface area (Å²) >= 11 is 0. The van der Waals surface area contributed by atoms with Crippen molar-refractivity contribution in [3.8, 4) is 11.5 Å². The third-order valence-corrected chi connectivity index (χ3v) is 5.34. The number of ether oxygens (including phenoxy) is 1. The number of anilines is 1. The van der Waals surface area contributed by atoms with Crippen molar-refractivity contribution in [3.63, 3.8) is 0 Å². The van der Waals surface area contributed by atoms with E-state index in [0.29, 0.717) is 47.7 Å². The monoisotopic (exact) mass is 404 g/mol. The van der Waals surface area contributed by atoms with Crippen LogP contribution < -0.4 is 15.0 Å². The van der Waals surface area contributed by atoms with E-state index in [-0.39, 0.29) is 5.78 Å². The minimum Gasteiger partial charge on any atom is -0.455 e. The van der Waals surface area contributed by atoms with Gasteiger partial charge >= 0.3 is 12.1 Å². The van der Waals surface area contributed by atoms with Crippen molar-refractivity contribution in [3.05, 3.63) is 53.6 Å². The molecule has 0 saturated carbocycles. The zero-order valence-electron chi connectivity index (χ0n) is 15.6. The number of halogens is 3. The fraction of sp³-hybridized carbons (Fsp3) is 0.333. The van der Waals surface area contributed by atoms with Crippen molar-refractivity contribution < 1.29 is 27.5 Å². The molecule has 2 aliphatic heterocycles. The van der Waals surface area contributed by atoms with Crippen LogP contribution >= 0.6 is 0 Å². The van der Waals surface area contributed by atoms with Crippen LogP contribution in [0.15, 0.2) is 42.5 Å². The maximum atomic E-state index is 12.9. The molecule has 2 aliphatic rings. The molecular formula is C21H19F3N2O3. The molecule has 1 saturated heterocycles. The number of rotatable bonds is 2. The van der Waals surface area contributed by atoms with E-state index in [9.17, 15) is 22.8 Å². The zero-order valence-corrected chi connectivity index (χ0v) is 15.6. The van der Waals surface area contributed by atoms with Crippen LogP contribution in [-0.2, 0) is 4.79 Å². The van der Waals surface area contributed by atoms with E-state index >= 15 is 0 Å². The molecule has 0 aliphatic carbocycles. The van der Waals surface area contributed by atoms with Gasteiger partial charge in [-0.05, 0) is 44.0 Å². The number of ketones is 1. The Morgan fingerprint density at radius 3 is 2.62 bits per heavy atom. The van der Waals surface area contributed by atoms with Crippen LogP contribution in [0.2, 0.25) is 0 Å². The van der Waals surface area contributed by atoms with Crippen LogP contribution in [-0.4, -0.2) is 30.5 Å². The van der Waals surface area contributed by atoms with Crippen LogP contribution in [0.3, 0.4) is 0 Å². The van der Waals surface area contributed by atoms with Gasteiger partial charge in [-0.1, -0.05) is 18.2 Å². The molecule has 1 amide bonds. The molecule has 2 aromatic rings. The summed E-state index contributed by atoms with van der Waals surface area (Å²) in [5.41, 5.74) is 1.81. The molecule has 2 heterocycles. The van der Waals surface area contributed by atoms with Gasteiger partial charge < -0.3 is 15.0 Å². The molecule has 1 fully saturated rings. The second-order valence-electron chi connectivity index (χ2n) is 7.24. The average Bonchev–Trinajstić information content (AvgIpc) is 2.81. The molecule has 4 rings (SSSR count). The van der Waals surface area contributed by atoms with Crippen LogP contribution in [0.4, 0.5) is 18.9 Å². The van der Waals surface area contributed by atoms with Crippen LogP contribution in [0, 0.1) is 0 Å². The van der Waals surface area contributed by atoms with Gasteiger partial charge in [0.2, 0.25) is 0 Å². The topological polar surface area (TPSA) is 58.6 Å². The third-order valence-electron chi connectivity index (χ3n) is 5.34. The number of carbonyl (C=O) groups is 2. The van der Waals surface area contributed by atoms with Crippen molar-refractivity contribution >= 4 is 17.4 Å². The van der Waals surface area contributed by atoms with E-state index in [1.165, 1.54) is 6.92 Å². The summed E-state index contributed by atoms with van der Waals surface area (Å²) in [6.45, 7) is 2.02. The van der Waals surface area contributed by atoms with Crippen LogP contribution in [0.5, 0.6) is 11.5 Å². The first-order valence-electron chi connectivity index (χ1n) is 9.32. The SMILES string of the molecule is CC(=O)c1ccc2c(c1)N1CCC[C@H](NC(=O)C(F)(F)F)[C@H]1c1ccccc1O2. The summed E-state index contributed by atoms with van der Waals surface area (Å²) in [7, 11) is 0. The fourth-order valence-electron chi connectivity index (χ4n) is 4.04. The van der Waals surface area contributed by atoms with E-state index in [2.05, 4.69) is 5.32 Å². The number of amides is 1. The smallest absolute Gasteiger partial charge is 0.455 e. The number of piperidine rings is 1. The Morgan fingerprint density at radius 1 is 1.14 bits per heavy atom. The highest BCUT2D eigenvalue weighted by Gasteiger charge is 2.44. The Morgan fingerprint density at radius 2 is 1.90 bits per heavy atom. The van der Waals surface area contributed by atoms with Gasteiger partial charge in [-0.2, -0.15) is 13.2 Å². The van der Waals surface area contributed by atoms with E-state index in [1.54, 1.807) is 42.5 Å². The van der Waals surface area contributed by atoms with Crippen molar-refractivity contribution in [2.24, 2.45) is 0 Å². The summed E-state index contributed by atoms with van der Waals surface area (Å²) in [6, 6.07) is 10.9. The summed E-state index contributed by atoms with van der Waals surface area (Å²) < 4.78 is 44.8. The third kappa shape index (κ3) is 3.54. The molecule has 152 valence electrons. The number of fused-ring (bicyclic) bond motifs is 5. The first-order valence-corrected chi connectivity index (χ1v) is 9.32. The number of hydrogen-bond acceptors (Lipinski definition) is 4. The fourth-order valence-corrected chi connectivity index (χ4v) is 4.04. The highest BCUT2D eigenvalue weighted by atomic mass is 19.4. The molecule has 0 unspecified atom stereocenters. The molecule has 0 bridgehead atoms. The Labute approximate surface area is 165 Å². The van der Waals surface area contributed by atoms with Gasteiger partial charge in [-0.25, -0.2) is 0 Å².